The highest BCUT2D eigenvalue weighted by molar-refractivity contribution is 5.69. The van der Waals surface area contributed by atoms with E-state index in [1.165, 1.54) is 0 Å². The molecule has 0 bridgehead atoms. The molecule has 0 amide bonds. The third kappa shape index (κ3) is 4.86. The van der Waals surface area contributed by atoms with E-state index in [1.807, 2.05) is 0 Å². The maximum Gasteiger partial charge on any atom is 0.528 e. The van der Waals surface area contributed by atoms with Crippen molar-refractivity contribution in [2.24, 2.45) is 0 Å². The Morgan fingerprint density at radius 2 is 1.56 bits per heavy atom. The molecule has 0 aliphatic carbocycles. The zero-order valence-corrected chi connectivity index (χ0v) is 13.9. The van der Waals surface area contributed by atoms with Gasteiger partial charge in [-0.25, -0.2) is 0 Å². The lowest BCUT2D eigenvalue weighted by atomic mass is 10.1. The smallest absolute Gasteiger partial charge is 0.463 e. The van der Waals surface area contributed by atoms with Gasteiger partial charge in [0.25, 0.3) is 6.10 Å². The molecule has 1 aliphatic heterocycles. The van der Waals surface area contributed by atoms with Crippen LogP contribution in [0.25, 0.3) is 0 Å². The second kappa shape index (κ2) is 7.88. The number of carbonyl (C=O) groups excluding carboxylic acids is 4. The molecule has 12 nitrogen and oxygen atoms in total. The molecule has 0 saturated carbocycles. The van der Waals surface area contributed by atoms with E-state index < -0.39 is 59.6 Å². The first-order chi connectivity index (χ1) is 11.5. The highest BCUT2D eigenvalue weighted by atomic mass is 16.8. The largest absolute Gasteiger partial charge is 0.528 e. The Balaban J connectivity index is 3.33. The Morgan fingerprint density at radius 1 is 1.00 bits per heavy atom. The summed E-state index contributed by atoms with van der Waals surface area (Å²) < 4.78 is 24.3. The van der Waals surface area contributed by atoms with Crippen LogP contribution in [0.3, 0.4) is 0 Å². The first-order valence-electron chi connectivity index (χ1n) is 6.99. The van der Waals surface area contributed by atoms with Gasteiger partial charge in [0.1, 0.15) is 17.6 Å². The van der Waals surface area contributed by atoms with Crippen LogP contribution in [0.15, 0.2) is 0 Å². The maximum absolute atomic E-state index is 11.5. The van der Waals surface area contributed by atoms with Gasteiger partial charge in [0.15, 0.2) is 6.10 Å². The molecule has 1 heterocycles. The summed E-state index contributed by atoms with van der Waals surface area (Å²) >= 11 is 0. The van der Waals surface area contributed by atoms with Crippen LogP contribution in [-0.2, 0) is 42.9 Å². The summed E-state index contributed by atoms with van der Waals surface area (Å²) in [5.74, 6) is -6.65. The molecule has 0 radical (unpaired) electrons. The Hall–Kier alpha value is -2.76. The Bertz CT molecular complexity index is 589. The first kappa shape index (κ1) is 20.3. The monoisotopic (exact) mass is 363 g/mol. The number of nitrogens with zero attached hydrogens (tertiary/aromatic N) is 1. The summed E-state index contributed by atoms with van der Waals surface area (Å²) in [5, 5.41) is 11.5. The molecule has 4 unspecified atom stereocenters. The van der Waals surface area contributed by atoms with E-state index in [2.05, 4.69) is 4.74 Å². The van der Waals surface area contributed by atoms with Crippen molar-refractivity contribution in [3.8, 4) is 0 Å². The second-order valence-electron chi connectivity index (χ2n) is 5.04. The third-order valence-corrected chi connectivity index (χ3v) is 2.93. The van der Waals surface area contributed by atoms with Crippen LogP contribution in [-0.4, -0.2) is 59.6 Å². The van der Waals surface area contributed by atoms with Gasteiger partial charge in [0, 0.05) is 27.7 Å². The lowest BCUT2D eigenvalue weighted by Crippen LogP contribution is -2.55. The highest BCUT2D eigenvalue weighted by Gasteiger charge is 2.72. The molecular weight excluding hydrogens is 346 g/mol. The number of nitro groups is 1. The number of carbonyl (C=O) groups is 4. The molecule has 0 N–H and O–H groups in total. The molecule has 140 valence electrons. The van der Waals surface area contributed by atoms with Crippen LogP contribution in [0.2, 0.25) is 0 Å². The van der Waals surface area contributed by atoms with Gasteiger partial charge in [0.2, 0.25) is 0 Å². The van der Waals surface area contributed by atoms with E-state index in [0.29, 0.717) is 0 Å². The standard InChI is InChI=1S/C13H17NO11/c1-6(15)21-5-10-11(22-7(2)16)12(23-8(3)17)13(25-10,14(19)20)24-9(4)18/h10-12H,5H2,1-4H3. The van der Waals surface area contributed by atoms with Gasteiger partial charge >= 0.3 is 29.8 Å². The van der Waals surface area contributed by atoms with Gasteiger partial charge in [-0.05, 0) is 0 Å². The predicted molar refractivity (Wildman–Crippen MR) is 74.1 cm³/mol. The summed E-state index contributed by atoms with van der Waals surface area (Å²) in [6.07, 6.45) is -4.87. The number of hydrogen-bond acceptors (Lipinski definition) is 11. The van der Waals surface area contributed by atoms with Gasteiger partial charge in [-0.15, -0.1) is 0 Å². The quantitative estimate of drug-likeness (QED) is 0.193. The molecule has 0 aromatic rings. The van der Waals surface area contributed by atoms with Crippen molar-refractivity contribution in [3.05, 3.63) is 10.1 Å². The lowest BCUT2D eigenvalue weighted by molar-refractivity contribution is -0.689. The fraction of sp³-hybridized carbons (Fsp3) is 0.692. The maximum atomic E-state index is 11.5. The Morgan fingerprint density at radius 3 is 1.96 bits per heavy atom. The minimum atomic E-state index is -2.96. The fourth-order valence-corrected chi connectivity index (χ4v) is 2.20. The molecule has 1 rings (SSSR count). The molecule has 1 aliphatic rings. The average molecular weight is 363 g/mol. The fourth-order valence-electron chi connectivity index (χ4n) is 2.20. The van der Waals surface area contributed by atoms with Crippen molar-refractivity contribution in [2.45, 2.75) is 51.9 Å². The van der Waals surface area contributed by atoms with Crippen LogP contribution in [0.1, 0.15) is 27.7 Å². The van der Waals surface area contributed by atoms with Crippen LogP contribution in [0, 0.1) is 10.1 Å². The zero-order valence-electron chi connectivity index (χ0n) is 13.9. The van der Waals surface area contributed by atoms with Gasteiger partial charge < -0.3 is 18.9 Å². The number of ether oxygens (including phenoxy) is 5. The summed E-state index contributed by atoms with van der Waals surface area (Å²) in [6, 6.07) is 0. The molecular formula is C13H17NO11. The van der Waals surface area contributed by atoms with Crippen molar-refractivity contribution in [1.29, 1.82) is 0 Å². The Labute approximate surface area is 141 Å². The number of hydrogen-bond donors (Lipinski definition) is 0. The first-order valence-corrected chi connectivity index (χ1v) is 6.99. The lowest BCUT2D eigenvalue weighted by Gasteiger charge is -2.24. The molecule has 1 fully saturated rings. The number of rotatable bonds is 6. The van der Waals surface area contributed by atoms with Crippen molar-refractivity contribution in [1.82, 2.24) is 0 Å². The molecule has 4 atom stereocenters. The summed E-state index contributed by atoms with van der Waals surface area (Å²) in [5.41, 5.74) is 0. The van der Waals surface area contributed by atoms with Gasteiger partial charge in [0.05, 0.1) is 0 Å². The van der Waals surface area contributed by atoms with Gasteiger partial charge in [-0.1, -0.05) is 0 Å². The topological polar surface area (TPSA) is 158 Å². The highest BCUT2D eigenvalue weighted by Crippen LogP contribution is 2.37. The normalized spacial score (nSPS) is 27.9. The van der Waals surface area contributed by atoms with E-state index in [0.717, 1.165) is 27.7 Å². The number of esters is 4. The summed E-state index contributed by atoms with van der Waals surface area (Å²) in [4.78, 5) is 55.3. The minimum absolute atomic E-state index is 0.568. The molecule has 25 heavy (non-hydrogen) atoms. The molecule has 12 heteroatoms. The summed E-state index contributed by atoms with van der Waals surface area (Å²) in [6.45, 7) is 3.34. The molecule has 1 saturated heterocycles. The van der Waals surface area contributed by atoms with Gasteiger partial charge in [-0.2, -0.15) is 0 Å². The molecule has 0 aromatic heterocycles. The SMILES string of the molecule is CC(=O)OCC1OC(OC(C)=O)([N+](=O)[O-])C(OC(C)=O)C1OC(C)=O. The van der Waals surface area contributed by atoms with Crippen molar-refractivity contribution >= 4 is 23.9 Å². The molecule has 0 aromatic carbocycles. The zero-order chi connectivity index (χ0) is 19.4. The molecule has 0 spiro atoms. The van der Waals surface area contributed by atoms with Crippen LogP contribution in [0.4, 0.5) is 0 Å². The van der Waals surface area contributed by atoms with E-state index in [4.69, 9.17) is 18.9 Å². The van der Waals surface area contributed by atoms with E-state index in [9.17, 15) is 29.3 Å². The van der Waals surface area contributed by atoms with Crippen molar-refractivity contribution in [2.75, 3.05) is 6.61 Å². The van der Waals surface area contributed by atoms with E-state index in [-0.39, 0.29) is 0 Å². The van der Waals surface area contributed by atoms with E-state index >= 15 is 0 Å². The van der Waals surface area contributed by atoms with Crippen LogP contribution >= 0.6 is 0 Å². The summed E-state index contributed by atoms with van der Waals surface area (Å²) in [7, 11) is 0. The average Bonchev–Trinajstić information content (AvgIpc) is 2.70. The van der Waals surface area contributed by atoms with Gasteiger partial charge in [-0.3, -0.25) is 34.0 Å². The minimum Gasteiger partial charge on any atom is -0.463 e. The third-order valence-electron chi connectivity index (χ3n) is 2.93. The van der Waals surface area contributed by atoms with E-state index in [1.54, 1.807) is 0 Å². The Kier molecular flexibility index (Phi) is 6.39. The second-order valence-corrected chi connectivity index (χ2v) is 5.04. The van der Waals surface area contributed by atoms with Crippen LogP contribution in [0.5, 0.6) is 0 Å². The van der Waals surface area contributed by atoms with Crippen molar-refractivity contribution in [3.63, 3.8) is 0 Å². The van der Waals surface area contributed by atoms with Crippen molar-refractivity contribution < 1.29 is 47.8 Å². The van der Waals surface area contributed by atoms with Crippen LogP contribution < -0.4 is 0 Å². The predicted octanol–water partition coefficient (Wildman–Crippen LogP) is -0.695.